The average molecular weight is 376 g/mol. The first-order chi connectivity index (χ1) is 12.5. The van der Waals surface area contributed by atoms with Gasteiger partial charge in [0.2, 0.25) is 11.9 Å². The first-order valence-electron chi connectivity index (χ1n) is 7.71. The number of hydrogen-bond donors (Lipinski definition) is 3. The number of amides is 1. The average Bonchev–Trinajstić information content (AvgIpc) is 2.62. The number of halogens is 2. The molecule has 0 atom stereocenters. The summed E-state index contributed by atoms with van der Waals surface area (Å²) in [6.45, 7) is 2.36. The summed E-state index contributed by atoms with van der Waals surface area (Å²) >= 11 is 5.80. The molecule has 2 aromatic heterocycles. The standard InChI is InChI=1S/C16H15ClFN7O/c1-9(26)19-4-5-20-16-21-7-13-14(25-16)15(23-8-22-13)24-10-2-3-12(18)11(17)6-10/h2-3,6-8H,4-5H2,1H3,(H,19,26)(H,20,21,25)(H,22,23,24). The number of carbonyl (C=O) groups is 1. The highest BCUT2D eigenvalue weighted by Gasteiger charge is 2.09. The van der Waals surface area contributed by atoms with Gasteiger partial charge in [-0.1, -0.05) is 11.6 Å². The van der Waals surface area contributed by atoms with Crippen LogP contribution >= 0.6 is 11.6 Å². The van der Waals surface area contributed by atoms with Crippen LogP contribution in [0.1, 0.15) is 6.92 Å². The minimum Gasteiger partial charge on any atom is -0.355 e. The molecule has 0 saturated carbocycles. The second-order valence-electron chi connectivity index (χ2n) is 5.31. The number of nitrogens with zero attached hydrogens (tertiary/aromatic N) is 4. The number of aromatic nitrogens is 4. The van der Waals surface area contributed by atoms with Gasteiger partial charge in [-0.3, -0.25) is 4.79 Å². The Hall–Kier alpha value is -3.07. The zero-order valence-electron chi connectivity index (χ0n) is 13.8. The van der Waals surface area contributed by atoms with Crippen LogP contribution in [-0.4, -0.2) is 38.9 Å². The molecule has 0 spiro atoms. The summed E-state index contributed by atoms with van der Waals surface area (Å²) in [6, 6.07) is 4.26. The van der Waals surface area contributed by atoms with Crippen LogP contribution in [0.15, 0.2) is 30.7 Å². The van der Waals surface area contributed by atoms with Crippen molar-refractivity contribution in [1.29, 1.82) is 0 Å². The largest absolute Gasteiger partial charge is 0.355 e. The first kappa shape index (κ1) is 17.7. The summed E-state index contributed by atoms with van der Waals surface area (Å²) in [6.07, 6.45) is 2.94. The van der Waals surface area contributed by atoms with Gasteiger partial charge < -0.3 is 16.0 Å². The molecule has 3 N–H and O–H groups in total. The molecule has 1 aromatic carbocycles. The van der Waals surface area contributed by atoms with Gasteiger partial charge in [0.05, 0.1) is 11.2 Å². The highest BCUT2D eigenvalue weighted by molar-refractivity contribution is 6.31. The van der Waals surface area contributed by atoms with Gasteiger partial charge in [0.15, 0.2) is 5.82 Å². The maximum Gasteiger partial charge on any atom is 0.223 e. The zero-order valence-corrected chi connectivity index (χ0v) is 14.5. The van der Waals surface area contributed by atoms with E-state index in [0.717, 1.165) is 0 Å². The van der Waals surface area contributed by atoms with E-state index in [1.54, 1.807) is 12.3 Å². The van der Waals surface area contributed by atoms with Crippen LogP contribution in [-0.2, 0) is 4.79 Å². The van der Waals surface area contributed by atoms with Crippen molar-refractivity contribution in [1.82, 2.24) is 25.3 Å². The SMILES string of the molecule is CC(=O)NCCNc1ncc2ncnc(Nc3ccc(F)c(Cl)c3)c2n1. The lowest BCUT2D eigenvalue weighted by atomic mass is 10.3. The summed E-state index contributed by atoms with van der Waals surface area (Å²) in [5, 5.41) is 8.73. The molecule has 2 heterocycles. The number of fused-ring (bicyclic) bond motifs is 1. The third-order valence-corrected chi connectivity index (χ3v) is 3.63. The van der Waals surface area contributed by atoms with Gasteiger partial charge in [-0.2, -0.15) is 0 Å². The van der Waals surface area contributed by atoms with Gasteiger partial charge in [0.1, 0.15) is 23.2 Å². The molecular weight excluding hydrogens is 361 g/mol. The minimum absolute atomic E-state index is 0.00307. The fourth-order valence-corrected chi connectivity index (χ4v) is 2.33. The predicted octanol–water partition coefficient (Wildman–Crippen LogP) is 2.50. The van der Waals surface area contributed by atoms with Gasteiger partial charge in [-0.25, -0.2) is 24.3 Å². The molecule has 8 nitrogen and oxygen atoms in total. The molecular formula is C16H15ClFN7O. The van der Waals surface area contributed by atoms with E-state index in [2.05, 4.69) is 35.9 Å². The van der Waals surface area contributed by atoms with Crippen LogP contribution in [0.3, 0.4) is 0 Å². The lowest BCUT2D eigenvalue weighted by Crippen LogP contribution is -2.26. The minimum atomic E-state index is -0.502. The Morgan fingerprint density at radius 3 is 2.85 bits per heavy atom. The molecule has 0 radical (unpaired) electrons. The predicted molar refractivity (Wildman–Crippen MR) is 97.0 cm³/mol. The molecule has 10 heteroatoms. The summed E-state index contributed by atoms with van der Waals surface area (Å²) in [4.78, 5) is 27.7. The van der Waals surface area contributed by atoms with Crippen molar-refractivity contribution >= 4 is 46.0 Å². The highest BCUT2D eigenvalue weighted by Crippen LogP contribution is 2.25. The first-order valence-corrected chi connectivity index (χ1v) is 8.09. The monoisotopic (exact) mass is 375 g/mol. The van der Waals surface area contributed by atoms with Gasteiger partial charge in [-0.15, -0.1) is 0 Å². The summed E-state index contributed by atoms with van der Waals surface area (Å²) in [5.41, 5.74) is 1.60. The number of benzene rings is 1. The van der Waals surface area contributed by atoms with Crippen LogP contribution in [0.5, 0.6) is 0 Å². The maximum atomic E-state index is 13.3. The Balaban J connectivity index is 1.82. The maximum absolute atomic E-state index is 13.3. The van der Waals surface area contributed by atoms with Crippen molar-refractivity contribution in [2.75, 3.05) is 23.7 Å². The van der Waals surface area contributed by atoms with E-state index in [-0.39, 0.29) is 10.9 Å². The lowest BCUT2D eigenvalue weighted by Gasteiger charge is -2.10. The smallest absolute Gasteiger partial charge is 0.223 e. The Morgan fingerprint density at radius 1 is 1.23 bits per heavy atom. The van der Waals surface area contributed by atoms with E-state index in [9.17, 15) is 9.18 Å². The van der Waals surface area contributed by atoms with Gasteiger partial charge in [0.25, 0.3) is 0 Å². The molecule has 134 valence electrons. The third kappa shape index (κ3) is 4.31. The molecule has 0 aliphatic heterocycles. The van der Waals surface area contributed by atoms with E-state index >= 15 is 0 Å². The quantitative estimate of drug-likeness (QED) is 0.568. The van der Waals surface area contributed by atoms with Crippen molar-refractivity contribution in [3.63, 3.8) is 0 Å². The Labute approximate surface area is 153 Å². The van der Waals surface area contributed by atoms with Crippen molar-refractivity contribution in [2.45, 2.75) is 6.92 Å². The fraction of sp³-hybridized carbons (Fsp3) is 0.188. The number of anilines is 3. The second-order valence-corrected chi connectivity index (χ2v) is 5.72. The Kier molecular flexibility index (Phi) is 5.37. The van der Waals surface area contributed by atoms with Crippen molar-refractivity contribution in [3.05, 3.63) is 41.6 Å². The van der Waals surface area contributed by atoms with Crippen LogP contribution in [0.25, 0.3) is 11.0 Å². The lowest BCUT2D eigenvalue weighted by molar-refractivity contribution is -0.118. The Bertz CT molecular complexity index is 953. The fourth-order valence-electron chi connectivity index (χ4n) is 2.15. The summed E-state index contributed by atoms with van der Waals surface area (Å²) < 4.78 is 13.3. The van der Waals surface area contributed by atoms with E-state index in [1.165, 1.54) is 25.4 Å². The van der Waals surface area contributed by atoms with Gasteiger partial charge in [-0.05, 0) is 18.2 Å². The summed E-state index contributed by atoms with van der Waals surface area (Å²) in [5.74, 6) is 0.199. The second kappa shape index (κ2) is 7.87. The normalized spacial score (nSPS) is 10.6. The van der Waals surface area contributed by atoms with E-state index in [1.807, 2.05) is 0 Å². The van der Waals surface area contributed by atoms with Crippen molar-refractivity contribution in [2.24, 2.45) is 0 Å². The van der Waals surface area contributed by atoms with E-state index in [0.29, 0.717) is 41.6 Å². The van der Waals surface area contributed by atoms with Crippen LogP contribution < -0.4 is 16.0 Å². The van der Waals surface area contributed by atoms with Crippen LogP contribution in [0.4, 0.5) is 21.8 Å². The molecule has 3 rings (SSSR count). The van der Waals surface area contributed by atoms with Gasteiger partial charge in [0, 0.05) is 25.7 Å². The molecule has 3 aromatic rings. The molecule has 0 fully saturated rings. The number of rotatable bonds is 6. The molecule has 0 bridgehead atoms. The van der Waals surface area contributed by atoms with Crippen molar-refractivity contribution < 1.29 is 9.18 Å². The highest BCUT2D eigenvalue weighted by atomic mass is 35.5. The zero-order chi connectivity index (χ0) is 18.5. The van der Waals surface area contributed by atoms with Crippen molar-refractivity contribution in [3.8, 4) is 0 Å². The van der Waals surface area contributed by atoms with Crippen LogP contribution in [0, 0.1) is 5.82 Å². The Morgan fingerprint density at radius 2 is 2.08 bits per heavy atom. The van der Waals surface area contributed by atoms with Crippen LogP contribution in [0.2, 0.25) is 5.02 Å². The van der Waals surface area contributed by atoms with Gasteiger partial charge >= 0.3 is 0 Å². The number of nitrogens with one attached hydrogen (secondary N) is 3. The number of hydrogen-bond acceptors (Lipinski definition) is 7. The molecule has 0 unspecified atom stereocenters. The molecule has 1 amide bonds. The van der Waals surface area contributed by atoms with E-state index < -0.39 is 5.82 Å². The van der Waals surface area contributed by atoms with E-state index in [4.69, 9.17) is 11.6 Å². The molecule has 0 aliphatic carbocycles. The number of carbonyl (C=O) groups excluding carboxylic acids is 1. The molecule has 26 heavy (non-hydrogen) atoms. The third-order valence-electron chi connectivity index (χ3n) is 3.34. The topological polar surface area (TPSA) is 105 Å². The molecule has 0 aliphatic rings. The summed E-state index contributed by atoms with van der Waals surface area (Å²) in [7, 11) is 0. The molecule has 0 saturated heterocycles.